The van der Waals surface area contributed by atoms with E-state index in [0.29, 0.717) is 6.54 Å². The van der Waals surface area contributed by atoms with Gasteiger partial charge in [0.25, 0.3) is 0 Å². The Hall–Kier alpha value is -0.540. The molecule has 0 unspecified atom stereocenters. The summed E-state index contributed by atoms with van der Waals surface area (Å²) in [5.41, 5.74) is 8.35. The highest BCUT2D eigenvalue weighted by Gasteiger charge is 2.24. The zero-order valence-corrected chi connectivity index (χ0v) is 11.3. The van der Waals surface area contributed by atoms with Crippen LogP contribution < -0.4 is 10.6 Å². The molecule has 88 valence electrons. The second kappa shape index (κ2) is 5.19. The average molecular weight is 283 g/mol. The predicted octanol–water partition coefficient (Wildman–Crippen LogP) is 3.14. The van der Waals surface area contributed by atoms with Crippen molar-refractivity contribution in [1.82, 2.24) is 0 Å². The standard InChI is InChI=1S/C13H19BrN2/c1-2-16(9-10-3-4-10)13-6-5-12(14)7-11(13)8-15/h5-7,10H,2-4,8-9,15H2,1H3. The summed E-state index contributed by atoms with van der Waals surface area (Å²) in [5.74, 6) is 0.911. The molecule has 2 N–H and O–H groups in total. The maximum atomic E-state index is 5.81. The highest BCUT2D eigenvalue weighted by atomic mass is 79.9. The van der Waals surface area contributed by atoms with Gasteiger partial charge in [-0.1, -0.05) is 15.9 Å². The fourth-order valence-electron chi connectivity index (χ4n) is 2.04. The van der Waals surface area contributed by atoms with Gasteiger partial charge >= 0.3 is 0 Å². The molecule has 2 rings (SSSR count). The molecule has 0 bridgehead atoms. The predicted molar refractivity (Wildman–Crippen MR) is 72.6 cm³/mol. The first kappa shape index (κ1) is 11.9. The SMILES string of the molecule is CCN(CC1CC1)c1ccc(Br)cc1CN. The minimum atomic E-state index is 0.607. The van der Waals surface area contributed by atoms with Gasteiger partial charge < -0.3 is 10.6 Å². The van der Waals surface area contributed by atoms with Crippen molar-refractivity contribution in [3.05, 3.63) is 28.2 Å². The van der Waals surface area contributed by atoms with E-state index in [1.165, 1.54) is 30.6 Å². The fraction of sp³-hybridized carbons (Fsp3) is 0.538. The van der Waals surface area contributed by atoms with Gasteiger partial charge in [0.2, 0.25) is 0 Å². The summed E-state index contributed by atoms with van der Waals surface area (Å²) in [7, 11) is 0. The van der Waals surface area contributed by atoms with Crippen LogP contribution in [-0.2, 0) is 6.54 Å². The molecule has 0 spiro atoms. The van der Waals surface area contributed by atoms with E-state index < -0.39 is 0 Å². The molecule has 1 saturated carbocycles. The molecule has 16 heavy (non-hydrogen) atoms. The number of anilines is 1. The van der Waals surface area contributed by atoms with Crippen molar-refractivity contribution < 1.29 is 0 Å². The van der Waals surface area contributed by atoms with Crippen LogP contribution in [0, 0.1) is 5.92 Å². The lowest BCUT2D eigenvalue weighted by Crippen LogP contribution is -2.26. The molecule has 0 atom stereocenters. The first-order chi connectivity index (χ1) is 7.74. The Kier molecular flexibility index (Phi) is 3.87. The Balaban J connectivity index is 2.21. The molecule has 1 aliphatic carbocycles. The third-order valence-corrected chi connectivity index (χ3v) is 3.65. The molecule has 1 aromatic rings. The highest BCUT2D eigenvalue weighted by Crippen LogP contribution is 2.33. The number of nitrogens with zero attached hydrogens (tertiary/aromatic N) is 1. The Morgan fingerprint density at radius 3 is 2.75 bits per heavy atom. The molecule has 0 saturated heterocycles. The van der Waals surface area contributed by atoms with E-state index in [2.05, 4.69) is 46.0 Å². The van der Waals surface area contributed by atoms with E-state index in [-0.39, 0.29) is 0 Å². The van der Waals surface area contributed by atoms with Crippen molar-refractivity contribution >= 4 is 21.6 Å². The van der Waals surface area contributed by atoms with Crippen LogP contribution in [0.3, 0.4) is 0 Å². The largest absolute Gasteiger partial charge is 0.371 e. The van der Waals surface area contributed by atoms with Gasteiger partial charge in [-0.3, -0.25) is 0 Å². The molecular weight excluding hydrogens is 264 g/mol. The summed E-state index contributed by atoms with van der Waals surface area (Å²) >= 11 is 3.50. The number of hydrogen-bond acceptors (Lipinski definition) is 2. The van der Waals surface area contributed by atoms with Crippen LogP contribution in [0.5, 0.6) is 0 Å². The molecular formula is C13H19BrN2. The van der Waals surface area contributed by atoms with Gasteiger partial charge in [0.1, 0.15) is 0 Å². The van der Waals surface area contributed by atoms with E-state index in [4.69, 9.17) is 5.73 Å². The average Bonchev–Trinajstić information content (AvgIpc) is 3.10. The first-order valence-corrected chi connectivity index (χ1v) is 6.77. The summed E-state index contributed by atoms with van der Waals surface area (Å²) in [6.45, 7) is 5.07. The van der Waals surface area contributed by atoms with Crippen molar-refractivity contribution in [1.29, 1.82) is 0 Å². The van der Waals surface area contributed by atoms with E-state index in [9.17, 15) is 0 Å². The van der Waals surface area contributed by atoms with Gasteiger partial charge in [-0.25, -0.2) is 0 Å². The molecule has 1 fully saturated rings. The fourth-order valence-corrected chi connectivity index (χ4v) is 2.44. The zero-order chi connectivity index (χ0) is 11.5. The van der Waals surface area contributed by atoms with Crippen LogP contribution in [0.1, 0.15) is 25.3 Å². The van der Waals surface area contributed by atoms with Crippen molar-refractivity contribution in [2.45, 2.75) is 26.3 Å². The number of nitrogens with two attached hydrogens (primary N) is 1. The molecule has 1 aliphatic rings. The number of hydrogen-bond donors (Lipinski definition) is 1. The summed E-state index contributed by atoms with van der Waals surface area (Å²) in [6, 6.07) is 6.41. The van der Waals surface area contributed by atoms with Gasteiger partial charge in [0.05, 0.1) is 0 Å². The molecule has 0 aliphatic heterocycles. The molecule has 1 aromatic carbocycles. The van der Waals surface area contributed by atoms with Crippen molar-refractivity contribution in [2.75, 3.05) is 18.0 Å². The molecule has 0 amide bonds. The van der Waals surface area contributed by atoms with E-state index in [0.717, 1.165) is 16.9 Å². The normalized spacial score (nSPS) is 15.2. The number of halogens is 1. The van der Waals surface area contributed by atoms with Crippen LogP contribution in [0.4, 0.5) is 5.69 Å². The van der Waals surface area contributed by atoms with Gasteiger partial charge in [-0.05, 0) is 49.4 Å². The lowest BCUT2D eigenvalue weighted by Gasteiger charge is -2.25. The lowest BCUT2D eigenvalue weighted by molar-refractivity contribution is 0.737. The molecule has 2 nitrogen and oxygen atoms in total. The van der Waals surface area contributed by atoms with Gasteiger partial charge in [0, 0.05) is 29.8 Å². The third-order valence-electron chi connectivity index (χ3n) is 3.16. The first-order valence-electron chi connectivity index (χ1n) is 5.98. The maximum absolute atomic E-state index is 5.81. The minimum Gasteiger partial charge on any atom is -0.371 e. The topological polar surface area (TPSA) is 29.3 Å². The van der Waals surface area contributed by atoms with Crippen LogP contribution in [0.25, 0.3) is 0 Å². The van der Waals surface area contributed by atoms with Gasteiger partial charge in [-0.2, -0.15) is 0 Å². The van der Waals surface area contributed by atoms with Crippen LogP contribution >= 0.6 is 15.9 Å². The Morgan fingerprint density at radius 2 is 2.19 bits per heavy atom. The van der Waals surface area contributed by atoms with Crippen LogP contribution in [-0.4, -0.2) is 13.1 Å². The smallest absolute Gasteiger partial charge is 0.0412 e. The summed E-state index contributed by atoms with van der Waals surface area (Å²) in [6.07, 6.45) is 2.79. The lowest BCUT2D eigenvalue weighted by atomic mass is 10.1. The maximum Gasteiger partial charge on any atom is 0.0412 e. The highest BCUT2D eigenvalue weighted by molar-refractivity contribution is 9.10. The third kappa shape index (κ3) is 2.77. The van der Waals surface area contributed by atoms with Gasteiger partial charge in [-0.15, -0.1) is 0 Å². The molecule has 3 heteroatoms. The molecule has 0 heterocycles. The van der Waals surface area contributed by atoms with Crippen LogP contribution in [0.2, 0.25) is 0 Å². The quantitative estimate of drug-likeness (QED) is 0.899. The summed E-state index contributed by atoms with van der Waals surface area (Å²) in [5, 5.41) is 0. The van der Waals surface area contributed by atoms with E-state index in [1.807, 2.05) is 0 Å². The van der Waals surface area contributed by atoms with Crippen molar-refractivity contribution in [3.8, 4) is 0 Å². The second-order valence-corrected chi connectivity index (χ2v) is 5.37. The Bertz CT molecular complexity index is 361. The van der Waals surface area contributed by atoms with Crippen molar-refractivity contribution in [2.24, 2.45) is 11.7 Å². The van der Waals surface area contributed by atoms with Crippen LogP contribution in [0.15, 0.2) is 22.7 Å². The second-order valence-electron chi connectivity index (χ2n) is 4.46. The Labute approximate surface area is 106 Å². The number of benzene rings is 1. The van der Waals surface area contributed by atoms with Crippen molar-refractivity contribution in [3.63, 3.8) is 0 Å². The monoisotopic (exact) mass is 282 g/mol. The summed E-state index contributed by atoms with van der Waals surface area (Å²) in [4.78, 5) is 2.45. The number of rotatable bonds is 5. The summed E-state index contributed by atoms with van der Waals surface area (Å²) < 4.78 is 1.11. The van der Waals surface area contributed by atoms with E-state index in [1.54, 1.807) is 0 Å². The minimum absolute atomic E-state index is 0.607. The van der Waals surface area contributed by atoms with Gasteiger partial charge in [0.15, 0.2) is 0 Å². The Morgan fingerprint density at radius 1 is 1.44 bits per heavy atom. The van der Waals surface area contributed by atoms with E-state index >= 15 is 0 Å². The molecule has 0 aromatic heterocycles. The molecule has 0 radical (unpaired) electrons. The zero-order valence-electron chi connectivity index (χ0n) is 9.75.